The van der Waals surface area contributed by atoms with E-state index in [1.165, 1.54) is 77.2 Å². The van der Waals surface area contributed by atoms with Crippen LogP contribution in [0.2, 0.25) is 0 Å². The minimum absolute atomic E-state index is 0.114. The lowest BCUT2D eigenvalue weighted by molar-refractivity contribution is -0.107. The quantitative estimate of drug-likeness (QED) is 0.607. The van der Waals surface area contributed by atoms with Crippen LogP contribution in [0.5, 0.6) is 0 Å². The molecule has 2 N–H and O–H groups in total. The first-order chi connectivity index (χ1) is 15.2. The number of carbonyl (C=O) groups excluding carboxylic acids is 1. The molecule has 2 unspecified atom stereocenters. The number of fused-ring (bicyclic) bond motifs is 1. The van der Waals surface area contributed by atoms with Gasteiger partial charge in [0.1, 0.15) is 6.29 Å². The highest BCUT2D eigenvalue weighted by atomic mass is 16.3. The van der Waals surface area contributed by atoms with Gasteiger partial charge in [-0.05, 0) is 55.7 Å². The van der Waals surface area contributed by atoms with E-state index >= 15 is 0 Å². The van der Waals surface area contributed by atoms with Crippen LogP contribution in [0.3, 0.4) is 0 Å². The van der Waals surface area contributed by atoms with Crippen LogP contribution in [0.4, 0.5) is 0 Å². The molecule has 1 heterocycles. The van der Waals surface area contributed by atoms with Gasteiger partial charge >= 0.3 is 0 Å². The van der Waals surface area contributed by atoms with Crippen LogP contribution >= 0.6 is 0 Å². The number of aliphatic hydroxyl groups is 1. The van der Waals surface area contributed by atoms with Crippen molar-refractivity contribution in [3.63, 3.8) is 0 Å². The van der Waals surface area contributed by atoms with Gasteiger partial charge in [0.15, 0.2) is 0 Å². The molecule has 2 saturated carbocycles. The van der Waals surface area contributed by atoms with Gasteiger partial charge in [-0.25, -0.2) is 0 Å². The molecular formula is C27H44N2O2. The summed E-state index contributed by atoms with van der Waals surface area (Å²) in [5.41, 5.74) is 3.22. The second-order valence-corrected chi connectivity index (χ2v) is 9.97. The van der Waals surface area contributed by atoms with E-state index in [1.807, 2.05) is 0 Å². The van der Waals surface area contributed by atoms with Crippen molar-refractivity contribution in [1.82, 2.24) is 10.2 Å². The standard InChI is InChI=1S/C16H23N.C11H21NO2/c1-17-12-11-13-7-5-6-10-15(13)16(17)14-8-3-2-4-9-14;13-7-6-12-11(9-14)8-10-4-2-1-3-5-10/h5-7,10,14,16H,2-4,8-9,11-12H2,1H3;7,10-12,14H,1-6,8-9H2. The van der Waals surface area contributed by atoms with E-state index in [9.17, 15) is 4.79 Å². The molecule has 0 spiro atoms. The smallest absolute Gasteiger partial charge is 0.133 e. The average molecular weight is 429 g/mol. The highest BCUT2D eigenvalue weighted by molar-refractivity contribution is 5.51. The molecule has 1 aromatic carbocycles. The van der Waals surface area contributed by atoms with Gasteiger partial charge < -0.3 is 15.2 Å². The SMILES string of the molecule is CN1CCc2ccccc2C1C1CCCCC1.O=CCNC(CO)CC1CCCCC1. The van der Waals surface area contributed by atoms with Crippen LogP contribution < -0.4 is 5.32 Å². The third-order valence-electron chi connectivity index (χ3n) is 7.73. The van der Waals surface area contributed by atoms with Crippen molar-refractivity contribution in [3.8, 4) is 0 Å². The monoisotopic (exact) mass is 428 g/mol. The second-order valence-electron chi connectivity index (χ2n) is 9.97. The maximum Gasteiger partial charge on any atom is 0.133 e. The van der Waals surface area contributed by atoms with Crippen molar-refractivity contribution in [2.45, 2.75) is 89.1 Å². The molecule has 0 bridgehead atoms. The first-order valence-electron chi connectivity index (χ1n) is 12.8. The fourth-order valence-electron chi connectivity index (χ4n) is 6.05. The van der Waals surface area contributed by atoms with E-state index in [0.29, 0.717) is 12.6 Å². The number of nitrogens with one attached hydrogen (secondary N) is 1. The molecule has 2 aliphatic carbocycles. The number of aliphatic hydroxyl groups excluding tert-OH is 1. The lowest BCUT2D eigenvalue weighted by Crippen LogP contribution is -2.37. The molecular weight excluding hydrogens is 384 g/mol. The minimum Gasteiger partial charge on any atom is -0.395 e. The van der Waals surface area contributed by atoms with E-state index in [2.05, 4.69) is 41.5 Å². The van der Waals surface area contributed by atoms with Crippen LogP contribution in [0.15, 0.2) is 24.3 Å². The van der Waals surface area contributed by atoms with Crippen LogP contribution in [0, 0.1) is 11.8 Å². The summed E-state index contributed by atoms with van der Waals surface area (Å²) in [5.74, 6) is 1.65. The molecule has 0 aromatic heterocycles. The van der Waals surface area contributed by atoms with Crippen LogP contribution in [0.1, 0.15) is 87.8 Å². The third kappa shape index (κ3) is 7.40. The molecule has 4 heteroatoms. The average Bonchev–Trinajstić information content (AvgIpc) is 2.83. The van der Waals surface area contributed by atoms with Gasteiger partial charge in [-0.1, -0.05) is 75.6 Å². The summed E-state index contributed by atoms with van der Waals surface area (Å²) in [6, 6.07) is 9.92. The molecule has 174 valence electrons. The van der Waals surface area contributed by atoms with Crippen molar-refractivity contribution in [2.24, 2.45) is 11.8 Å². The van der Waals surface area contributed by atoms with Crippen molar-refractivity contribution >= 4 is 6.29 Å². The number of aldehydes is 1. The summed E-state index contributed by atoms with van der Waals surface area (Å²) in [5, 5.41) is 12.2. The molecule has 1 aliphatic heterocycles. The summed E-state index contributed by atoms with van der Waals surface area (Å²) in [7, 11) is 2.31. The van der Waals surface area contributed by atoms with Crippen molar-refractivity contribution in [2.75, 3.05) is 26.7 Å². The van der Waals surface area contributed by atoms with Gasteiger partial charge in [-0.3, -0.25) is 4.90 Å². The topological polar surface area (TPSA) is 52.6 Å². The Morgan fingerprint density at radius 2 is 1.74 bits per heavy atom. The zero-order valence-corrected chi connectivity index (χ0v) is 19.6. The molecule has 2 atom stereocenters. The Labute approximate surface area is 189 Å². The van der Waals surface area contributed by atoms with Crippen molar-refractivity contribution < 1.29 is 9.90 Å². The first kappa shape index (κ1) is 24.4. The van der Waals surface area contributed by atoms with Gasteiger partial charge in [0.2, 0.25) is 0 Å². The van der Waals surface area contributed by atoms with E-state index in [4.69, 9.17) is 5.11 Å². The molecule has 4 rings (SSSR count). The molecule has 1 aromatic rings. The van der Waals surface area contributed by atoms with Gasteiger partial charge in [-0.2, -0.15) is 0 Å². The summed E-state index contributed by atoms with van der Waals surface area (Å²) in [6.45, 7) is 1.74. The Morgan fingerprint density at radius 3 is 2.42 bits per heavy atom. The van der Waals surface area contributed by atoms with Crippen LogP contribution in [0.25, 0.3) is 0 Å². The Bertz CT molecular complexity index is 638. The third-order valence-corrected chi connectivity index (χ3v) is 7.73. The number of hydrogen-bond donors (Lipinski definition) is 2. The molecule has 0 amide bonds. The van der Waals surface area contributed by atoms with Crippen LogP contribution in [-0.2, 0) is 11.2 Å². The Balaban J connectivity index is 0.000000180. The van der Waals surface area contributed by atoms with E-state index in [-0.39, 0.29) is 12.6 Å². The molecule has 3 aliphatic rings. The van der Waals surface area contributed by atoms with E-state index in [0.717, 1.165) is 24.5 Å². The van der Waals surface area contributed by atoms with Gasteiger partial charge in [0.05, 0.1) is 13.2 Å². The van der Waals surface area contributed by atoms with Gasteiger partial charge in [-0.15, -0.1) is 0 Å². The molecule has 0 radical (unpaired) electrons. The molecule has 31 heavy (non-hydrogen) atoms. The highest BCUT2D eigenvalue weighted by Gasteiger charge is 2.32. The predicted molar refractivity (Wildman–Crippen MR) is 128 cm³/mol. The van der Waals surface area contributed by atoms with Crippen LogP contribution in [-0.4, -0.2) is 49.1 Å². The fraction of sp³-hybridized carbons (Fsp3) is 0.741. The predicted octanol–water partition coefficient (Wildman–Crippen LogP) is 4.90. The summed E-state index contributed by atoms with van der Waals surface area (Å²) >= 11 is 0. The first-order valence-corrected chi connectivity index (χ1v) is 12.8. The minimum atomic E-state index is 0.114. The number of rotatable bonds is 7. The van der Waals surface area contributed by atoms with Crippen molar-refractivity contribution in [3.05, 3.63) is 35.4 Å². The van der Waals surface area contributed by atoms with E-state index < -0.39 is 0 Å². The summed E-state index contributed by atoms with van der Waals surface area (Å²) in [4.78, 5) is 12.8. The second kappa shape index (κ2) is 13.3. The molecule has 2 fully saturated rings. The zero-order chi connectivity index (χ0) is 21.9. The molecule has 4 nitrogen and oxygen atoms in total. The van der Waals surface area contributed by atoms with Gasteiger partial charge in [0, 0.05) is 18.6 Å². The Kier molecular flexibility index (Phi) is 10.5. The largest absolute Gasteiger partial charge is 0.395 e. The summed E-state index contributed by atoms with van der Waals surface area (Å²) < 4.78 is 0. The maximum atomic E-state index is 10.2. The van der Waals surface area contributed by atoms with E-state index in [1.54, 1.807) is 11.1 Å². The Hall–Kier alpha value is -1.23. The maximum absolute atomic E-state index is 10.2. The number of hydrogen-bond acceptors (Lipinski definition) is 4. The lowest BCUT2D eigenvalue weighted by atomic mass is 9.77. The highest BCUT2D eigenvalue weighted by Crippen LogP contribution is 2.41. The van der Waals surface area contributed by atoms with Crippen molar-refractivity contribution in [1.29, 1.82) is 0 Å². The Morgan fingerprint density at radius 1 is 1.06 bits per heavy atom. The number of nitrogens with zero attached hydrogens (tertiary/aromatic N) is 1. The lowest BCUT2D eigenvalue weighted by Gasteiger charge is -2.41. The number of benzene rings is 1. The fourth-order valence-corrected chi connectivity index (χ4v) is 6.05. The number of carbonyl (C=O) groups is 1. The zero-order valence-electron chi connectivity index (χ0n) is 19.6. The normalized spacial score (nSPS) is 24.0. The summed E-state index contributed by atoms with van der Waals surface area (Å²) in [6.07, 6.45) is 16.9. The van der Waals surface area contributed by atoms with Gasteiger partial charge in [0.25, 0.3) is 0 Å². The number of likely N-dealkylation sites (N-methyl/N-ethyl adjacent to an activating group) is 1. The molecule has 0 saturated heterocycles.